The van der Waals surface area contributed by atoms with E-state index in [2.05, 4.69) is 16.4 Å². The Labute approximate surface area is 150 Å². The van der Waals surface area contributed by atoms with Crippen LogP contribution < -0.4 is 5.32 Å². The van der Waals surface area contributed by atoms with Crippen molar-refractivity contribution in [1.29, 1.82) is 5.26 Å². The van der Waals surface area contributed by atoms with E-state index in [1.54, 1.807) is 18.0 Å². The summed E-state index contributed by atoms with van der Waals surface area (Å²) in [5.41, 5.74) is 0.789. The Kier molecular flexibility index (Phi) is 7.22. The van der Waals surface area contributed by atoms with Crippen molar-refractivity contribution in [2.24, 2.45) is 0 Å². The number of hydrogen-bond acceptors (Lipinski definition) is 5. The van der Waals surface area contributed by atoms with Gasteiger partial charge in [0.2, 0.25) is 5.91 Å². The second-order valence-electron chi connectivity index (χ2n) is 5.12. The number of benzene rings is 1. The fourth-order valence-electron chi connectivity index (χ4n) is 2.05. The first-order valence-electron chi connectivity index (χ1n) is 7.70. The summed E-state index contributed by atoms with van der Waals surface area (Å²) in [5.74, 6) is 0.246. The Hall–Kier alpha value is -1.91. The van der Waals surface area contributed by atoms with Crippen molar-refractivity contribution >= 4 is 35.1 Å². The van der Waals surface area contributed by atoms with Gasteiger partial charge in [-0.2, -0.15) is 5.26 Å². The van der Waals surface area contributed by atoms with E-state index < -0.39 is 0 Å². The predicted molar refractivity (Wildman–Crippen MR) is 99.2 cm³/mol. The summed E-state index contributed by atoms with van der Waals surface area (Å²) in [7, 11) is 0. The summed E-state index contributed by atoms with van der Waals surface area (Å²) in [6.45, 7) is 4.88. The zero-order valence-electron chi connectivity index (χ0n) is 13.7. The molecule has 5 nitrogen and oxygen atoms in total. The highest BCUT2D eigenvalue weighted by Gasteiger charge is 2.12. The van der Waals surface area contributed by atoms with Gasteiger partial charge < -0.3 is 9.88 Å². The second kappa shape index (κ2) is 9.40. The lowest BCUT2D eigenvalue weighted by atomic mass is 10.3. The lowest BCUT2D eigenvalue weighted by molar-refractivity contribution is -0.113. The molecule has 0 aliphatic heterocycles. The molecule has 2 rings (SSSR count). The molecule has 0 aliphatic carbocycles. The summed E-state index contributed by atoms with van der Waals surface area (Å²) < 4.78 is 2.01. The van der Waals surface area contributed by atoms with Crippen LogP contribution in [0.25, 0.3) is 0 Å². The topological polar surface area (TPSA) is 70.7 Å². The van der Waals surface area contributed by atoms with Gasteiger partial charge in [-0.25, -0.2) is 4.98 Å². The van der Waals surface area contributed by atoms with Gasteiger partial charge in [0, 0.05) is 35.5 Å². The van der Waals surface area contributed by atoms with E-state index in [4.69, 9.17) is 5.26 Å². The largest absolute Gasteiger partial charge is 0.326 e. The van der Waals surface area contributed by atoms with E-state index in [0.717, 1.165) is 22.3 Å². The van der Waals surface area contributed by atoms with Crippen LogP contribution >= 0.6 is 23.5 Å². The molecule has 1 atom stereocenters. The number of imidazole rings is 1. The standard InChI is InChI=1S/C17H20N4OS2/c1-3-21-11-10-19-17(21)23-12-16(22)20-14-6-4-5-7-15(14)24-13(2)8-9-18/h4-7,10-11,13H,3,8,12H2,1-2H3,(H,20,22). The van der Waals surface area contributed by atoms with Gasteiger partial charge in [0.15, 0.2) is 5.16 Å². The van der Waals surface area contributed by atoms with Crippen LogP contribution in [-0.2, 0) is 11.3 Å². The number of amides is 1. The molecule has 0 saturated carbocycles. The van der Waals surface area contributed by atoms with Gasteiger partial charge in [0.1, 0.15) is 0 Å². The Bertz CT molecular complexity index is 723. The second-order valence-corrected chi connectivity index (χ2v) is 7.54. The van der Waals surface area contributed by atoms with Crippen molar-refractivity contribution in [2.45, 2.75) is 42.1 Å². The Morgan fingerprint density at radius 2 is 2.25 bits per heavy atom. The fourth-order valence-corrected chi connectivity index (χ4v) is 3.87. The average molecular weight is 361 g/mol. The van der Waals surface area contributed by atoms with Gasteiger partial charge in [0.25, 0.3) is 0 Å². The summed E-state index contributed by atoms with van der Waals surface area (Å²) in [6.07, 6.45) is 4.12. The summed E-state index contributed by atoms with van der Waals surface area (Å²) in [6, 6.07) is 9.85. The van der Waals surface area contributed by atoms with Crippen molar-refractivity contribution in [1.82, 2.24) is 9.55 Å². The molecule has 0 radical (unpaired) electrons. The third kappa shape index (κ3) is 5.32. The lowest BCUT2D eigenvalue weighted by Crippen LogP contribution is -2.15. The number of aromatic nitrogens is 2. The third-order valence-electron chi connectivity index (χ3n) is 3.22. The highest BCUT2D eigenvalue weighted by atomic mass is 32.2. The van der Waals surface area contributed by atoms with Gasteiger partial charge >= 0.3 is 0 Å². The number of rotatable bonds is 8. The number of thioether (sulfide) groups is 2. The number of anilines is 1. The first kappa shape index (κ1) is 18.4. The van der Waals surface area contributed by atoms with Crippen LogP contribution in [0.4, 0.5) is 5.69 Å². The number of nitriles is 1. The first-order chi connectivity index (χ1) is 11.6. The Balaban J connectivity index is 1.95. The number of hydrogen-bond donors (Lipinski definition) is 1. The minimum absolute atomic E-state index is 0.0633. The maximum absolute atomic E-state index is 12.2. The molecule has 126 valence electrons. The zero-order valence-corrected chi connectivity index (χ0v) is 15.4. The minimum Gasteiger partial charge on any atom is -0.326 e. The smallest absolute Gasteiger partial charge is 0.234 e. The molecule has 0 bridgehead atoms. The van der Waals surface area contributed by atoms with Gasteiger partial charge in [0.05, 0.1) is 17.5 Å². The van der Waals surface area contributed by atoms with Crippen LogP contribution in [0.2, 0.25) is 0 Å². The molecule has 24 heavy (non-hydrogen) atoms. The third-order valence-corrected chi connectivity index (χ3v) is 5.40. The molecule has 1 amide bonds. The highest BCUT2D eigenvalue weighted by molar-refractivity contribution is 8.00. The van der Waals surface area contributed by atoms with Crippen molar-refractivity contribution < 1.29 is 4.79 Å². The van der Waals surface area contributed by atoms with Crippen LogP contribution in [0.5, 0.6) is 0 Å². The molecule has 0 aliphatic rings. The van der Waals surface area contributed by atoms with Crippen LogP contribution in [-0.4, -0.2) is 26.5 Å². The van der Waals surface area contributed by atoms with Crippen LogP contribution in [0.15, 0.2) is 46.7 Å². The van der Waals surface area contributed by atoms with Gasteiger partial charge in [-0.15, -0.1) is 11.8 Å². The molecule has 1 unspecified atom stereocenters. The number of carbonyl (C=O) groups is 1. The van der Waals surface area contributed by atoms with Gasteiger partial charge in [-0.05, 0) is 19.1 Å². The highest BCUT2D eigenvalue weighted by Crippen LogP contribution is 2.31. The van der Waals surface area contributed by atoms with E-state index in [9.17, 15) is 4.79 Å². The number of aryl methyl sites for hydroxylation is 1. The minimum atomic E-state index is -0.0633. The molecule has 1 heterocycles. The van der Waals surface area contributed by atoms with E-state index in [1.165, 1.54) is 11.8 Å². The van der Waals surface area contributed by atoms with Crippen molar-refractivity contribution in [3.05, 3.63) is 36.7 Å². The summed E-state index contributed by atoms with van der Waals surface area (Å²) >= 11 is 3.02. The lowest BCUT2D eigenvalue weighted by Gasteiger charge is -2.13. The molecule has 1 aromatic carbocycles. The van der Waals surface area contributed by atoms with Gasteiger partial charge in [-0.3, -0.25) is 4.79 Å². The first-order valence-corrected chi connectivity index (χ1v) is 9.57. The summed E-state index contributed by atoms with van der Waals surface area (Å²) in [4.78, 5) is 17.5. The Morgan fingerprint density at radius 3 is 3.00 bits per heavy atom. The van der Waals surface area contributed by atoms with E-state index in [1.807, 2.05) is 48.9 Å². The fraction of sp³-hybridized carbons (Fsp3) is 0.353. The number of carbonyl (C=O) groups excluding carboxylic acids is 1. The molecule has 0 spiro atoms. The molecule has 1 aromatic heterocycles. The molecule has 7 heteroatoms. The monoisotopic (exact) mass is 360 g/mol. The zero-order chi connectivity index (χ0) is 17.4. The molecule has 0 fully saturated rings. The van der Waals surface area contributed by atoms with Crippen LogP contribution in [0.3, 0.4) is 0 Å². The number of nitrogens with zero attached hydrogens (tertiary/aromatic N) is 3. The quantitative estimate of drug-likeness (QED) is 0.720. The predicted octanol–water partition coefficient (Wildman–Crippen LogP) is 4.03. The average Bonchev–Trinajstić information content (AvgIpc) is 3.02. The van der Waals surface area contributed by atoms with Crippen LogP contribution in [0, 0.1) is 11.3 Å². The Morgan fingerprint density at radius 1 is 1.46 bits per heavy atom. The van der Waals surface area contributed by atoms with Crippen LogP contribution in [0.1, 0.15) is 20.3 Å². The van der Waals surface area contributed by atoms with Gasteiger partial charge in [-0.1, -0.05) is 30.8 Å². The van der Waals surface area contributed by atoms with Crippen molar-refractivity contribution in [3.8, 4) is 6.07 Å². The number of para-hydroxylation sites is 1. The van der Waals surface area contributed by atoms with E-state index in [0.29, 0.717) is 12.2 Å². The SMILES string of the molecule is CCn1ccnc1SCC(=O)Nc1ccccc1SC(C)CC#N. The van der Waals surface area contributed by atoms with E-state index >= 15 is 0 Å². The molecule has 2 aromatic rings. The summed E-state index contributed by atoms with van der Waals surface area (Å²) in [5, 5.41) is 12.8. The molecule has 0 saturated heterocycles. The number of nitrogens with one attached hydrogen (secondary N) is 1. The normalized spacial score (nSPS) is 11.7. The van der Waals surface area contributed by atoms with Crippen molar-refractivity contribution in [3.63, 3.8) is 0 Å². The maximum atomic E-state index is 12.2. The van der Waals surface area contributed by atoms with E-state index in [-0.39, 0.29) is 11.2 Å². The van der Waals surface area contributed by atoms with Crippen molar-refractivity contribution in [2.75, 3.05) is 11.1 Å². The molecule has 1 N–H and O–H groups in total. The molecular weight excluding hydrogens is 340 g/mol. The molecular formula is C17H20N4OS2. The maximum Gasteiger partial charge on any atom is 0.234 e.